The van der Waals surface area contributed by atoms with Crippen LogP contribution in [0.1, 0.15) is 24.8 Å². The molecule has 1 aromatic carbocycles. The molecule has 1 unspecified atom stereocenters. The molecule has 0 bridgehead atoms. The van der Waals surface area contributed by atoms with Gasteiger partial charge in [0.15, 0.2) is 0 Å². The standard InChI is InChI=1S/C18H23NO5/c1-23-15-7-14(8-16(10-15)24-2)11-19(12-18(21)22)17(20)9-13-5-3-4-6-13/h3,5,7-8,10,13H,4,6,9,11-12H2,1-2H3,(H,21,22). The lowest BCUT2D eigenvalue weighted by Crippen LogP contribution is -2.35. The molecular formula is C18H23NO5. The summed E-state index contributed by atoms with van der Waals surface area (Å²) < 4.78 is 10.4. The van der Waals surface area contributed by atoms with Crippen molar-refractivity contribution in [2.75, 3.05) is 20.8 Å². The highest BCUT2D eigenvalue weighted by Crippen LogP contribution is 2.25. The molecule has 0 radical (unpaired) electrons. The van der Waals surface area contributed by atoms with E-state index in [1.807, 2.05) is 6.08 Å². The van der Waals surface area contributed by atoms with E-state index in [0.29, 0.717) is 17.9 Å². The highest BCUT2D eigenvalue weighted by molar-refractivity contribution is 5.81. The first-order valence-electron chi connectivity index (χ1n) is 7.90. The molecule has 0 fully saturated rings. The third kappa shape index (κ3) is 5.01. The van der Waals surface area contributed by atoms with Crippen molar-refractivity contribution in [2.45, 2.75) is 25.8 Å². The van der Waals surface area contributed by atoms with Gasteiger partial charge in [-0.25, -0.2) is 0 Å². The Hall–Kier alpha value is -2.50. The average molecular weight is 333 g/mol. The smallest absolute Gasteiger partial charge is 0.323 e. The number of carbonyl (C=O) groups excluding carboxylic acids is 1. The number of carboxylic acids is 1. The molecule has 1 atom stereocenters. The summed E-state index contributed by atoms with van der Waals surface area (Å²) >= 11 is 0. The van der Waals surface area contributed by atoms with E-state index in [9.17, 15) is 9.59 Å². The maximum absolute atomic E-state index is 12.5. The molecule has 1 amide bonds. The number of nitrogens with zero attached hydrogens (tertiary/aromatic N) is 1. The van der Waals surface area contributed by atoms with E-state index in [1.165, 1.54) is 4.90 Å². The van der Waals surface area contributed by atoms with E-state index >= 15 is 0 Å². The number of rotatable bonds is 8. The Morgan fingerprint density at radius 1 is 1.21 bits per heavy atom. The Morgan fingerprint density at radius 2 is 1.88 bits per heavy atom. The van der Waals surface area contributed by atoms with Gasteiger partial charge in [-0.3, -0.25) is 9.59 Å². The predicted molar refractivity (Wildman–Crippen MR) is 89.1 cm³/mol. The summed E-state index contributed by atoms with van der Waals surface area (Å²) in [5.41, 5.74) is 0.766. The number of carbonyl (C=O) groups is 2. The normalized spacial score (nSPS) is 16.0. The number of allylic oxidation sites excluding steroid dienone is 2. The Kier molecular flexibility index (Phi) is 6.23. The molecule has 0 heterocycles. The van der Waals surface area contributed by atoms with Crippen LogP contribution in [0, 0.1) is 5.92 Å². The van der Waals surface area contributed by atoms with Crippen molar-refractivity contribution >= 4 is 11.9 Å². The first-order chi connectivity index (χ1) is 11.5. The van der Waals surface area contributed by atoms with Crippen molar-refractivity contribution in [3.8, 4) is 11.5 Å². The monoisotopic (exact) mass is 333 g/mol. The molecule has 1 aliphatic rings. The molecule has 1 aliphatic carbocycles. The minimum absolute atomic E-state index is 0.157. The van der Waals surface area contributed by atoms with Gasteiger partial charge in [0.25, 0.3) is 0 Å². The summed E-state index contributed by atoms with van der Waals surface area (Å²) in [7, 11) is 3.09. The van der Waals surface area contributed by atoms with Crippen molar-refractivity contribution in [1.29, 1.82) is 0 Å². The Labute approximate surface area is 141 Å². The van der Waals surface area contributed by atoms with Gasteiger partial charge in [-0.15, -0.1) is 0 Å². The fourth-order valence-corrected chi connectivity index (χ4v) is 2.79. The van der Waals surface area contributed by atoms with E-state index in [2.05, 4.69) is 6.08 Å². The fraction of sp³-hybridized carbons (Fsp3) is 0.444. The van der Waals surface area contributed by atoms with Crippen molar-refractivity contribution in [3.63, 3.8) is 0 Å². The molecule has 130 valence electrons. The van der Waals surface area contributed by atoms with Crippen molar-refractivity contribution in [2.24, 2.45) is 5.92 Å². The minimum Gasteiger partial charge on any atom is -0.497 e. The highest BCUT2D eigenvalue weighted by atomic mass is 16.5. The van der Waals surface area contributed by atoms with Gasteiger partial charge in [-0.1, -0.05) is 12.2 Å². The fourth-order valence-electron chi connectivity index (χ4n) is 2.79. The molecular weight excluding hydrogens is 310 g/mol. The van der Waals surface area contributed by atoms with E-state index < -0.39 is 5.97 Å². The molecule has 6 nitrogen and oxygen atoms in total. The van der Waals surface area contributed by atoms with Crippen LogP contribution >= 0.6 is 0 Å². The average Bonchev–Trinajstić information content (AvgIpc) is 3.06. The molecule has 24 heavy (non-hydrogen) atoms. The second kappa shape index (κ2) is 8.38. The van der Waals surface area contributed by atoms with Crippen molar-refractivity contribution < 1.29 is 24.2 Å². The zero-order valence-corrected chi connectivity index (χ0v) is 14.0. The number of methoxy groups -OCH3 is 2. The second-order valence-electron chi connectivity index (χ2n) is 5.83. The van der Waals surface area contributed by atoms with Crippen LogP contribution in [0.5, 0.6) is 11.5 Å². The summed E-state index contributed by atoms with van der Waals surface area (Å²) in [6, 6.07) is 5.29. The van der Waals surface area contributed by atoms with Crippen LogP contribution in [0.15, 0.2) is 30.4 Å². The minimum atomic E-state index is -1.03. The van der Waals surface area contributed by atoms with Gasteiger partial charge >= 0.3 is 5.97 Å². The lowest BCUT2D eigenvalue weighted by Gasteiger charge is -2.22. The maximum atomic E-state index is 12.5. The zero-order valence-electron chi connectivity index (χ0n) is 14.0. The first-order valence-corrected chi connectivity index (χ1v) is 7.90. The molecule has 2 rings (SSSR count). The van der Waals surface area contributed by atoms with Gasteiger partial charge in [-0.05, 0) is 36.5 Å². The predicted octanol–water partition coefficient (Wildman–Crippen LogP) is 2.47. The Bertz CT molecular complexity index is 604. The molecule has 0 aromatic heterocycles. The topological polar surface area (TPSA) is 76.1 Å². The van der Waals surface area contributed by atoms with E-state index in [1.54, 1.807) is 32.4 Å². The van der Waals surface area contributed by atoms with Crippen LogP contribution in [0.25, 0.3) is 0 Å². The molecule has 1 aromatic rings. The number of hydrogen-bond acceptors (Lipinski definition) is 4. The molecule has 6 heteroatoms. The summed E-state index contributed by atoms with van der Waals surface area (Å²) in [5.74, 6) is 0.223. The number of ether oxygens (including phenoxy) is 2. The lowest BCUT2D eigenvalue weighted by molar-refractivity contribution is -0.145. The number of hydrogen-bond donors (Lipinski definition) is 1. The molecule has 0 saturated carbocycles. The van der Waals surface area contributed by atoms with Gasteiger partial charge in [0.2, 0.25) is 5.91 Å². The number of aliphatic carboxylic acids is 1. The van der Waals surface area contributed by atoms with Gasteiger partial charge in [-0.2, -0.15) is 0 Å². The summed E-state index contributed by atoms with van der Waals surface area (Å²) in [6.45, 7) is -0.121. The van der Waals surface area contributed by atoms with Gasteiger partial charge in [0, 0.05) is 19.0 Å². The van der Waals surface area contributed by atoms with Crippen molar-refractivity contribution in [1.82, 2.24) is 4.90 Å². The van der Waals surface area contributed by atoms with E-state index in [-0.39, 0.29) is 24.9 Å². The largest absolute Gasteiger partial charge is 0.497 e. The number of amides is 1. The van der Waals surface area contributed by atoms with E-state index in [0.717, 1.165) is 18.4 Å². The van der Waals surface area contributed by atoms with E-state index in [4.69, 9.17) is 14.6 Å². The van der Waals surface area contributed by atoms with Gasteiger partial charge < -0.3 is 19.5 Å². The van der Waals surface area contributed by atoms with Crippen LogP contribution < -0.4 is 9.47 Å². The van der Waals surface area contributed by atoms with Crippen LogP contribution in [-0.2, 0) is 16.1 Å². The Morgan fingerprint density at radius 3 is 2.38 bits per heavy atom. The van der Waals surface area contributed by atoms with Crippen LogP contribution in [0.2, 0.25) is 0 Å². The molecule has 0 saturated heterocycles. The molecule has 0 spiro atoms. The summed E-state index contributed by atoms with van der Waals surface area (Å²) in [4.78, 5) is 25.0. The van der Waals surface area contributed by atoms with Crippen LogP contribution in [-0.4, -0.2) is 42.6 Å². The molecule has 1 N–H and O–H groups in total. The van der Waals surface area contributed by atoms with Gasteiger partial charge in [0.05, 0.1) is 14.2 Å². The highest BCUT2D eigenvalue weighted by Gasteiger charge is 2.22. The SMILES string of the molecule is COc1cc(CN(CC(=O)O)C(=O)CC2C=CCC2)cc(OC)c1. The van der Waals surface area contributed by atoms with Crippen molar-refractivity contribution in [3.05, 3.63) is 35.9 Å². The van der Waals surface area contributed by atoms with Gasteiger partial charge in [0.1, 0.15) is 18.0 Å². The summed E-state index contributed by atoms with van der Waals surface area (Å²) in [5, 5.41) is 9.12. The first kappa shape index (κ1) is 17.8. The molecule has 0 aliphatic heterocycles. The number of benzene rings is 1. The third-order valence-corrected chi connectivity index (χ3v) is 4.01. The second-order valence-corrected chi connectivity index (χ2v) is 5.83. The van der Waals surface area contributed by atoms with Crippen LogP contribution in [0.3, 0.4) is 0 Å². The Balaban J connectivity index is 2.14. The summed E-state index contributed by atoms with van der Waals surface area (Å²) in [6.07, 6.45) is 6.35. The van der Waals surface area contributed by atoms with Crippen LogP contribution in [0.4, 0.5) is 0 Å². The zero-order chi connectivity index (χ0) is 17.5. The maximum Gasteiger partial charge on any atom is 0.323 e. The number of carboxylic acid groups (broad SMARTS) is 1. The lowest BCUT2D eigenvalue weighted by atomic mass is 10.0. The quantitative estimate of drug-likeness (QED) is 0.740. The third-order valence-electron chi connectivity index (χ3n) is 4.01.